The third-order valence-electron chi connectivity index (χ3n) is 4.46. The summed E-state index contributed by atoms with van der Waals surface area (Å²) in [6, 6.07) is 12.4. The van der Waals surface area contributed by atoms with Crippen molar-refractivity contribution >= 4 is 22.6 Å². The van der Waals surface area contributed by atoms with Crippen molar-refractivity contribution in [1.82, 2.24) is 20.2 Å². The van der Waals surface area contributed by atoms with Gasteiger partial charge in [-0.05, 0) is 23.8 Å². The van der Waals surface area contributed by atoms with Crippen LogP contribution in [-0.4, -0.2) is 45.3 Å². The summed E-state index contributed by atoms with van der Waals surface area (Å²) in [6.45, 7) is 2.03. The number of aromatic nitrogens is 2. The summed E-state index contributed by atoms with van der Waals surface area (Å²) < 4.78 is 0. The minimum absolute atomic E-state index is 0.00100. The SMILES string of the molecule is O=C1CN(Cc2cc(-c3cnc4ccccc4n3)cc([N+](=O)[O-])c2)CCN1. The molecule has 1 N–H and O–H groups in total. The van der Waals surface area contributed by atoms with Crippen LogP contribution in [0.15, 0.2) is 48.7 Å². The van der Waals surface area contributed by atoms with Crippen molar-refractivity contribution in [3.05, 3.63) is 64.3 Å². The first-order valence-electron chi connectivity index (χ1n) is 8.58. The fourth-order valence-corrected chi connectivity index (χ4v) is 3.20. The number of rotatable bonds is 4. The molecular weight excluding hydrogens is 346 g/mol. The lowest BCUT2D eigenvalue weighted by molar-refractivity contribution is -0.384. The number of benzene rings is 2. The third-order valence-corrected chi connectivity index (χ3v) is 4.46. The standard InChI is InChI=1S/C19H17N5O3/c25-19-12-23(6-5-20-19)11-13-7-14(9-15(8-13)24(26)27)18-10-21-16-3-1-2-4-17(16)22-18/h1-4,7-10H,5-6,11-12H2,(H,20,25). The maximum Gasteiger partial charge on any atom is 0.270 e. The lowest BCUT2D eigenvalue weighted by atomic mass is 10.1. The number of hydrogen-bond donors (Lipinski definition) is 1. The number of amides is 1. The Labute approximate surface area is 155 Å². The van der Waals surface area contributed by atoms with Crippen LogP contribution in [0, 0.1) is 10.1 Å². The molecule has 27 heavy (non-hydrogen) atoms. The summed E-state index contributed by atoms with van der Waals surface area (Å²) in [6.07, 6.45) is 1.62. The van der Waals surface area contributed by atoms with Gasteiger partial charge in [0.1, 0.15) is 0 Å². The highest BCUT2D eigenvalue weighted by molar-refractivity contribution is 5.79. The van der Waals surface area contributed by atoms with Crippen LogP contribution >= 0.6 is 0 Å². The number of nitrogens with one attached hydrogen (secondary N) is 1. The molecule has 0 atom stereocenters. The van der Waals surface area contributed by atoms with Crippen LogP contribution in [0.4, 0.5) is 5.69 Å². The molecule has 0 spiro atoms. The lowest BCUT2D eigenvalue weighted by Gasteiger charge is -2.26. The molecule has 136 valence electrons. The number of fused-ring (bicyclic) bond motifs is 1. The van der Waals surface area contributed by atoms with Gasteiger partial charge in [0.15, 0.2) is 0 Å². The molecule has 2 aromatic carbocycles. The molecular formula is C19H17N5O3. The van der Waals surface area contributed by atoms with E-state index in [0.717, 1.165) is 16.6 Å². The zero-order valence-electron chi connectivity index (χ0n) is 14.5. The van der Waals surface area contributed by atoms with Gasteiger partial charge in [0.25, 0.3) is 5.69 Å². The number of para-hydroxylation sites is 2. The highest BCUT2D eigenvalue weighted by Gasteiger charge is 2.18. The number of carbonyl (C=O) groups is 1. The molecule has 1 aliphatic heterocycles. The summed E-state index contributed by atoms with van der Waals surface area (Å²) in [4.78, 5) is 33.5. The molecule has 1 aliphatic rings. The fourth-order valence-electron chi connectivity index (χ4n) is 3.20. The zero-order chi connectivity index (χ0) is 18.8. The van der Waals surface area contributed by atoms with Crippen molar-refractivity contribution in [3.8, 4) is 11.3 Å². The van der Waals surface area contributed by atoms with E-state index in [9.17, 15) is 14.9 Å². The van der Waals surface area contributed by atoms with Crippen LogP contribution in [-0.2, 0) is 11.3 Å². The Morgan fingerprint density at radius 3 is 2.78 bits per heavy atom. The maximum atomic E-state index is 11.6. The first-order valence-corrected chi connectivity index (χ1v) is 8.58. The van der Waals surface area contributed by atoms with E-state index in [-0.39, 0.29) is 18.1 Å². The van der Waals surface area contributed by atoms with E-state index in [1.165, 1.54) is 6.07 Å². The quantitative estimate of drug-likeness (QED) is 0.563. The molecule has 1 aromatic heterocycles. The van der Waals surface area contributed by atoms with E-state index < -0.39 is 4.92 Å². The van der Waals surface area contributed by atoms with Gasteiger partial charge < -0.3 is 5.32 Å². The predicted octanol–water partition coefficient (Wildman–Crippen LogP) is 2.14. The molecule has 0 aliphatic carbocycles. The third kappa shape index (κ3) is 3.75. The van der Waals surface area contributed by atoms with Gasteiger partial charge in [0.2, 0.25) is 5.91 Å². The van der Waals surface area contributed by atoms with E-state index >= 15 is 0 Å². The van der Waals surface area contributed by atoms with Crippen molar-refractivity contribution in [2.45, 2.75) is 6.54 Å². The topological polar surface area (TPSA) is 101 Å². The van der Waals surface area contributed by atoms with Gasteiger partial charge in [-0.1, -0.05) is 12.1 Å². The van der Waals surface area contributed by atoms with Crippen LogP contribution < -0.4 is 5.32 Å². The van der Waals surface area contributed by atoms with E-state index in [2.05, 4.69) is 15.3 Å². The second kappa shape index (κ2) is 7.08. The minimum atomic E-state index is -0.412. The zero-order valence-corrected chi connectivity index (χ0v) is 14.5. The number of nitro benzene ring substituents is 1. The molecule has 0 bridgehead atoms. The number of non-ortho nitro benzene ring substituents is 1. The molecule has 1 saturated heterocycles. The second-order valence-corrected chi connectivity index (χ2v) is 6.45. The Bertz CT molecular complexity index is 1040. The number of hydrogen-bond acceptors (Lipinski definition) is 6. The second-order valence-electron chi connectivity index (χ2n) is 6.45. The molecule has 0 radical (unpaired) electrons. The fraction of sp³-hybridized carbons (Fsp3) is 0.211. The summed E-state index contributed by atoms with van der Waals surface area (Å²) in [7, 11) is 0. The largest absolute Gasteiger partial charge is 0.354 e. The number of nitro groups is 1. The molecule has 8 heteroatoms. The van der Waals surface area contributed by atoms with Gasteiger partial charge in [-0.3, -0.25) is 24.8 Å². The van der Waals surface area contributed by atoms with Crippen LogP contribution in [0.2, 0.25) is 0 Å². The van der Waals surface area contributed by atoms with E-state index in [1.54, 1.807) is 12.3 Å². The Hall–Kier alpha value is -3.39. The molecule has 1 amide bonds. The summed E-state index contributed by atoms with van der Waals surface area (Å²) in [5.41, 5.74) is 3.48. The minimum Gasteiger partial charge on any atom is -0.354 e. The number of nitrogens with zero attached hydrogens (tertiary/aromatic N) is 4. The molecule has 0 saturated carbocycles. The van der Waals surface area contributed by atoms with E-state index in [4.69, 9.17) is 0 Å². The van der Waals surface area contributed by atoms with Gasteiger partial charge in [-0.15, -0.1) is 0 Å². The van der Waals surface area contributed by atoms with Crippen molar-refractivity contribution in [2.75, 3.05) is 19.6 Å². The van der Waals surface area contributed by atoms with Crippen molar-refractivity contribution < 1.29 is 9.72 Å². The normalized spacial score (nSPS) is 14.9. The van der Waals surface area contributed by atoms with E-state index in [1.807, 2.05) is 35.2 Å². The number of piperazine rings is 1. The highest BCUT2D eigenvalue weighted by Crippen LogP contribution is 2.26. The lowest BCUT2D eigenvalue weighted by Crippen LogP contribution is -2.47. The summed E-state index contributed by atoms with van der Waals surface area (Å²) in [5.74, 6) is -0.0349. The molecule has 3 aromatic rings. The monoisotopic (exact) mass is 363 g/mol. The average molecular weight is 363 g/mol. The Kier molecular flexibility index (Phi) is 4.47. The van der Waals surface area contributed by atoms with Crippen LogP contribution in [0.25, 0.3) is 22.3 Å². The Morgan fingerprint density at radius 2 is 2.00 bits per heavy atom. The molecule has 1 fully saturated rings. The van der Waals surface area contributed by atoms with Crippen molar-refractivity contribution in [3.63, 3.8) is 0 Å². The molecule has 2 heterocycles. The summed E-state index contributed by atoms with van der Waals surface area (Å²) >= 11 is 0. The number of carbonyl (C=O) groups excluding carboxylic acids is 1. The first kappa shape index (κ1) is 17.0. The molecule has 0 unspecified atom stereocenters. The molecule has 4 rings (SSSR count). The van der Waals surface area contributed by atoms with Gasteiger partial charge >= 0.3 is 0 Å². The van der Waals surface area contributed by atoms with Crippen LogP contribution in [0.1, 0.15) is 5.56 Å². The Morgan fingerprint density at radius 1 is 1.19 bits per heavy atom. The first-order chi connectivity index (χ1) is 13.1. The summed E-state index contributed by atoms with van der Waals surface area (Å²) in [5, 5.41) is 14.2. The van der Waals surface area contributed by atoms with Crippen molar-refractivity contribution in [1.29, 1.82) is 0 Å². The van der Waals surface area contributed by atoms with Gasteiger partial charge in [-0.2, -0.15) is 0 Å². The Balaban J connectivity index is 1.71. The van der Waals surface area contributed by atoms with Gasteiger partial charge in [0, 0.05) is 37.3 Å². The average Bonchev–Trinajstić information content (AvgIpc) is 2.67. The van der Waals surface area contributed by atoms with Gasteiger partial charge in [-0.25, -0.2) is 4.98 Å². The van der Waals surface area contributed by atoms with E-state index in [0.29, 0.717) is 30.9 Å². The maximum absolute atomic E-state index is 11.6. The van der Waals surface area contributed by atoms with Gasteiger partial charge in [0.05, 0.1) is 34.4 Å². The van der Waals surface area contributed by atoms with Crippen LogP contribution in [0.3, 0.4) is 0 Å². The predicted molar refractivity (Wildman–Crippen MR) is 99.9 cm³/mol. The van der Waals surface area contributed by atoms with Crippen LogP contribution in [0.5, 0.6) is 0 Å². The molecule has 8 nitrogen and oxygen atoms in total. The smallest absolute Gasteiger partial charge is 0.270 e. The van der Waals surface area contributed by atoms with Crippen molar-refractivity contribution in [2.24, 2.45) is 0 Å². The highest BCUT2D eigenvalue weighted by atomic mass is 16.6.